The van der Waals surface area contributed by atoms with Crippen LogP contribution < -0.4 is 10.1 Å². The first kappa shape index (κ1) is 15.0. The molecule has 18 heavy (non-hydrogen) atoms. The molecule has 0 amide bonds. The van der Waals surface area contributed by atoms with Crippen LogP contribution in [-0.4, -0.2) is 19.7 Å². The summed E-state index contributed by atoms with van der Waals surface area (Å²) >= 11 is 0. The summed E-state index contributed by atoms with van der Waals surface area (Å²) < 4.78 is 5.36. The second-order valence-electron chi connectivity index (χ2n) is 4.97. The number of rotatable bonds is 3. The Bertz CT molecular complexity index is 278. The Kier molecular flexibility index (Phi) is 8.32. The Balaban J connectivity index is 0.000000184. The summed E-state index contributed by atoms with van der Waals surface area (Å²) in [7, 11) is 0. The molecule has 2 rings (SSSR count). The normalized spacial score (nSPS) is 19.3. The first-order valence-corrected chi connectivity index (χ1v) is 7.21. The minimum Gasteiger partial charge on any atom is -0.494 e. The molecular weight excluding hydrogens is 222 g/mol. The highest BCUT2D eigenvalue weighted by Crippen LogP contribution is 2.09. The van der Waals surface area contributed by atoms with Crippen LogP contribution in [0.15, 0.2) is 30.3 Å². The van der Waals surface area contributed by atoms with Gasteiger partial charge in [-0.2, -0.15) is 0 Å². The van der Waals surface area contributed by atoms with E-state index in [-0.39, 0.29) is 0 Å². The number of hydrogen-bond donors (Lipinski definition) is 1. The predicted octanol–water partition coefficient (Wildman–Crippen LogP) is 3.87. The van der Waals surface area contributed by atoms with Gasteiger partial charge < -0.3 is 10.1 Å². The van der Waals surface area contributed by atoms with Crippen LogP contribution in [-0.2, 0) is 0 Å². The molecule has 2 nitrogen and oxygen atoms in total. The third-order valence-corrected chi connectivity index (χ3v) is 3.01. The van der Waals surface area contributed by atoms with Gasteiger partial charge in [0.15, 0.2) is 0 Å². The predicted molar refractivity (Wildman–Crippen MR) is 78.1 cm³/mol. The van der Waals surface area contributed by atoms with Gasteiger partial charge in [-0.25, -0.2) is 0 Å². The topological polar surface area (TPSA) is 21.3 Å². The van der Waals surface area contributed by atoms with E-state index >= 15 is 0 Å². The quantitative estimate of drug-likeness (QED) is 0.878. The minimum absolute atomic E-state index is 0.810. The number of para-hydroxylation sites is 1. The zero-order valence-electron chi connectivity index (χ0n) is 11.8. The van der Waals surface area contributed by atoms with E-state index in [9.17, 15) is 0 Å². The number of ether oxygens (including phenoxy) is 1. The van der Waals surface area contributed by atoms with Gasteiger partial charge in [-0.15, -0.1) is 0 Å². The smallest absolute Gasteiger partial charge is 0.119 e. The molecule has 1 aromatic carbocycles. The van der Waals surface area contributed by atoms with E-state index < -0.39 is 0 Å². The number of nitrogens with one attached hydrogen (secondary N) is 1. The highest BCUT2D eigenvalue weighted by Gasteiger charge is 2.04. The van der Waals surface area contributed by atoms with Gasteiger partial charge in [-0.1, -0.05) is 38.5 Å². The molecule has 0 unspecified atom stereocenters. The third kappa shape index (κ3) is 7.33. The maximum absolute atomic E-state index is 5.36. The maximum Gasteiger partial charge on any atom is 0.119 e. The average molecular weight is 249 g/mol. The molecular formula is C16H27NO. The molecule has 0 aromatic heterocycles. The van der Waals surface area contributed by atoms with Crippen LogP contribution in [0.1, 0.15) is 39.5 Å². The minimum atomic E-state index is 0.810. The van der Waals surface area contributed by atoms with Crippen molar-refractivity contribution >= 4 is 0 Å². The molecule has 1 fully saturated rings. The molecule has 0 aliphatic carbocycles. The summed E-state index contributed by atoms with van der Waals surface area (Å²) in [4.78, 5) is 0. The van der Waals surface area contributed by atoms with Crippen LogP contribution in [0.2, 0.25) is 0 Å². The second kappa shape index (κ2) is 9.95. The first-order valence-electron chi connectivity index (χ1n) is 7.21. The zero-order valence-corrected chi connectivity index (χ0v) is 11.8. The lowest BCUT2D eigenvalue weighted by atomic mass is 10.1. The van der Waals surface area contributed by atoms with Crippen LogP contribution in [0.5, 0.6) is 5.75 Å². The van der Waals surface area contributed by atoms with Gasteiger partial charge in [0.25, 0.3) is 0 Å². The molecule has 102 valence electrons. The van der Waals surface area contributed by atoms with Crippen molar-refractivity contribution in [1.29, 1.82) is 0 Å². The summed E-state index contributed by atoms with van der Waals surface area (Å²) in [5, 5.41) is 3.40. The fourth-order valence-corrected chi connectivity index (χ4v) is 1.93. The summed E-state index contributed by atoms with van der Waals surface area (Å²) in [6.07, 6.45) is 5.29. The number of hydrogen-bond acceptors (Lipinski definition) is 2. The van der Waals surface area contributed by atoms with Gasteiger partial charge in [0.1, 0.15) is 5.75 Å². The Morgan fingerprint density at radius 2 is 2.00 bits per heavy atom. The molecule has 1 N–H and O–H groups in total. The van der Waals surface area contributed by atoms with Crippen LogP contribution in [0, 0.1) is 5.92 Å². The van der Waals surface area contributed by atoms with Crippen LogP contribution >= 0.6 is 0 Å². The van der Waals surface area contributed by atoms with Crippen LogP contribution in [0.25, 0.3) is 0 Å². The van der Waals surface area contributed by atoms with Crippen LogP contribution in [0.3, 0.4) is 0 Å². The fourth-order valence-electron chi connectivity index (χ4n) is 1.93. The highest BCUT2D eigenvalue weighted by atomic mass is 16.5. The van der Waals surface area contributed by atoms with Gasteiger partial charge in [0, 0.05) is 0 Å². The number of benzene rings is 1. The second-order valence-corrected chi connectivity index (χ2v) is 4.97. The van der Waals surface area contributed by atoms with E-state index in [0.29, 0.717) is 0 Å². The van der Waals surface area contributed by atoms with Crippen molar-refractivity contribution in [2.24, 2.45) is 5.92 Å². The van der Waals surface area contributed by atoms with Gasteiger partial charge >= 0.3 is 0 Å². The molecule has 1 atom stereocenters. The van der Waals surface area contributed by atoms with Crippen LogP contribution in [0.4, 0.5) is 0 Å². The van der Waals surface area contributed by atoms with Crippen molar-refractivity contribution in [2.75, 3.05) is 19.7 Å². The molecule has 1 aliphatic heterocycles. The van der Waals surface area contributed by atoms with E-state index in [1.807, 2.05) is 30.3 Å². The summed E-state index contributed by atoms with van der Waals surface area (Å²) in [5.74, 6) is 1.88. The van der Waals surface area contributed by atoms with Crippen molar-refractivity contribution in [2.45, 2.75) is 39.5 Å². The van der Waals surface area contributed by atoms with Crippen molar-refractivity contribution in [3.05, 3.63) is 30.3 Å². The largest absolute Gasteiger partial charge is 0.494 e. The Labute approximate surface area is 112 Å². The summed E-state index contributed by atoms with van der Waals surface area (Å²) in [6.45, 7) is 7.70. The van der Waals surface area contributed by atoms with E-state index in [1.165, 1.54) is 32.4 Å². The SMILES string of the molecule is CCCOc1ccccc1.C[C@@H]1CCCCNC1. The first-order chi connectivity index (χ1) is 8.83. The lowest BCUT2D eigenvalue weighted by Crippen LogP contribution is -2.18. The molecule has 0 radical (unpaired) electrons. The standard InChI is InChI=1S/C9H12O.C7H15N/c1-2-8-10-9-6-4-3-5-7-9;1-7-4-2-3-5-8-6-7/h3-7H,2,8H2,1H3;7-8H,2-6H2,1H3/t;7-/m.1/s1. The van der Waals surface area contributed by atoms with Crippen molar-refractivity contribution in [1.82, 2.24) is 5.32 Å². The Morgan fingerprint density at radius 3 is 2.72 bits per heavy atom. The van der Waals surface area contributed by atoms with E-state index in [0.717, 1.165) is 24.7 Å². The zero-order chi connectivity index (χ0) is 13.1. The molecule has 0 saturated carbocycles. The third-order valence-electron chi connectivity index (χ3n) is 3.01. The molecule has 0 bridgehead atoms. The maximum atomic E-state index is 5.36. The molecule has 1 aromatic rings. The average Bonchev–Trinajstić information content (AvgIpc) is 2.66. The Morgan fingerprint density at radius 1 is 1.22 bits per heavy atom. The molecule has 1 aliphatic rings. The molecule has 2 heteroatoms. The van der Waals surface area contributed by atoms with Crippen molar-refractivity contribution in [3.63, 3.8) is 0 Å². The molecule has 1 saturated heterocycles. The highest BCUT2D eigenvalue weighted by molar-refractivity contribution is 5.20. The fraction of sp³-hybridized carbons (Fsp3) is 0.625. The van der Waals surface area contributed by atoms with Gasteiger partial charge in [-0.05, 0) is 50.4 Å². The van der Waals surface area contributed by atoms with E-state index in [1.54, 1.807) is 0 Å². The monoisotopic (exact) mass is 249 g/mol. The van der Waals surface area contributed by atoms with Gasteiger partial charge in [0.2, 0.25) is 0 Å². The van der Waals surface area contributed by atoms with E-state index in [4.69, 9.17) is 4.74 Å². The lowest BCUT2D eigenvalue weighted by Gasteiger charge is -2.03. The lowest BCUT2D eigenvalue weighted by molar-refractivity contribution is 0.317. The van der Waals surface area contributed by atoms with E-state index in [2.05, 4.69) is 19.2 Å². The Hall–Kier alpha value is -1.02. The summed E-state index contributed by atoms with van der Waals surface area (Å²) in [5.41, 5.74) is 0. The molecule has 1 heterocycles. The molecule has 0 spiro atoms. The summed E-state index contributed by atoms with van der Waals surface area (Å²) in [6, 6.07) is 9.88. The van der Waals surface area contributed by atoms with Crippen molar-refractivity contribution < 1.29 is 4.74 Å². The van der Waals surface area contributed by atoms with Gasteiger partial charge in [-0.3, -0.25) is 0 Å². The van der Waals surface area contributed by atoms with Gasteiger partial charge in [0.05, 0.1) is 6.61 Å². The van der Waals surface area contributed by atoms with Crippen molar-refractivity contribution in [3.8, 4) is 5.75 Å².